The normalized spacial score (nSPS) is 23.1. The van der Waals surface area contributed by atoms with Gasteiger partial charge < -0.3 is 19.0 Å². The molecule has 0 amide bonds. The van der Waals surface area contributed by atoms with Gasteiger partial charge >= 0.3 is 0 Å². The van der Waals surface area contributed by atoms with E-state index >= 15 is 0 Å². The summed E-state index contributed by atoms with van der Waals surface area (Å²) in [6, 6.07) is 53.1. The van der Waals surface area contributed by atoms with Gasteiger partial charge in [-0.15, -0.1) is 0 Å². The van der Waals surface area contributed by atoms with Gasteiger partial charge in [-0.1, -0.05) is 140 Å². The number of rotatable bonds is 7. The number of hydrogen-bond donors (Lipinski definition) is 0. The van der Waals surface area contributed by atoms with Gasteiger partial charge in [-0.05, 0) is 95.2 Å². The summed E-state index contributed by atoms with van der Waals surface area (Å²) < 4.78 is 14.0. The second-order valence-corrected chi connectivity index (χ2v) is 17.0. The molecule has 5 atom stereocenters. The van der Waals surface area contributed by atoms with Crippen LogP contribution in [0.3, 0.4) is 0 Å². The highest BCUT2D eigenvalue weighted by Gasteiger charge is 2.67. The lowest BCUT2D eigenvalue weighted by Gasteiger charge is -2.36. The number of fused-ring (bicyclic) bond motifs is 12. The van der Waals surface area contributed by atoms with Gasteiger partial charge in [-0.3, -0.25) is 0 Å². The fourth-order valence-corrected chi connectivity index (χ4v) is 11.1. The Hall–Kier alpha value is -7.30. The minimum atomic E-state index is -0.173. The van der Waals surface area contributed by atoms with Crippen LogP contribution in [-0.2, 0) is 5.41 Å². The van der Waals surface area contributed by atoms with E-state index in [1.165, 1.54) is 38.7 Å². The van der Waals surface area contributed by atoms with Crippen molar-refractivity contribution in [1.82, 2.24) is 0 Å². The van der Waals surface area contributed by atoms with Gasteiger partial charge in [-0.2, -0.15) is 0 Å². The molecular formula is C57H42N2O2. The average molecular weight is 787 g/mol. The zero-order valence-corrected chi connectivity index (χ0v) is 33.6. The summed E-state index contributed by atoms with van der Waals surface area (Å²) in [5.41, 5.74) is 10.1. The van der Waals surface area contributed by atoms with E-state index in [-0.39, 0.29) is 23.5 Å². The number of allylic oxidation sites excluding steroid dienone is 8. The molecule has 1 fully saturated rings. The number of furan rings is 1. The summed E-state index contributed by atoms with van der Waals surface area (Å²) in [4.78, 5) is 5.00. The van der Waals surface area contributed by atoms with Crippen LogP contribution < -0.4 is 14.5 Å². The molecule has 0 radical (unpaired) electrons. The van der Waals surface area contributed by atoms with Crippen molar-refractivity contribution in [3.8, 4) is 5.75 Å². The molecule has 0 bridgehead atoms. The summed E-state index contributed by atoms with van der Waals surface area (Å²) in [6.07, 6.45) is 24.7. The third-order valence-electron chi connectivity index (χ3n) is 13.9. The van der Waals surface area contributed by atoms with Gasteiger partial charge in [0, 0.05) is 67.8 Å². The van der Waals surface area contributed by atoms with Gasteiger partial charge in [0.2, 0.25) is 0 Å². The highest BCUT2D eigenvalue weighted by molar-refractivity contribution is 6.30. The van der Waals surface area contributed by atoms with Crippen LogP contribution in [0.25, 0.3) is 43.5 Å². The lowest BCUT2D eigenvalue weighted by molar-refractivity contribution is 0.250. The third kappa shape index (κ3) is 5.12. The molecule has 0 saturated heterocycles. The van der Waals surface area contributed by atoms with Crippen molar-refractivity contribution in [2.45, 2.75) is 36.3 Å². The Morgan fingerprint density at radius 2 is 1.38 bits per heavy atom. The molecule has 1 saturated carbocycles. The molecule has 61 heavy (non-hydrogen) atoms. The van der Waals surface area contributed by atoms with Crippen molar-refractivity contribution in [3.63, 3.8) is 0 Å². The molecular weight excluding hydrogens is 745 g/mol. The van der Waals surface area contributed by atoms with E-state index < -0.39 is 0 Å². The largest absolute Gasteiger partial charge is 0.483 e. The molecule has 2 heterocycles. The van der Waals surface area contributed by atoms with Crippen LogP contribution in [0.1, 0.15) is 29.9 Å². The second-order valence-electron chi connectivity index (χ2n) is 17.0. The molecule has 0 spiro atoms. The van der Waals surface area contributed by atoms with E-state index in [9.17, 15) is 0 Å². The van der Waals surface area contributed by atoms with Gasteiger partial charge in [-0.25, -0.2) is 0 Å². The number of benzene rings is 7. The zero-order valence-electron chi connectivity index (χ0n) is 33.6. The molecule has 8 aromatic rings. The first-order valence-electron chi connectivity index (χ1n) is 21.6. The standard InChI is InChI=1S/C57H42N2O2/c1-4-17-37(18-5-1)57-34-15-14-27-49(57)56(57)59(50-28-16-26-45-43-24-12-13-29-51(43)60-54(45)50)40-30-32-46-48(35-40)42-23-10-11-25-44(42)53-47-33-31-41(36-52(47)61-55(46)53)58(38-19-6-2-7-20-38)39-21-8-3-9-22-39/h1-8,10-21,23-36,45,49,54,56H,9,22H2. The molecule has 4 heteroatoms. The lowest BCUT2D eigenvalue weighted by Crippen LogP contribution is -2.39. The van der Waals surface area contributed by atoms with Crippen LogP contribution in [-0.4, -0.2) is 12.1 Å². The molecule has 5 unspecified atom stereocenters. The number of nitrogens with zero attached hydrogens (tertiary/aromatic N) is 2. The van der Waals surface area contributed by atoms with Crippen molar-refractivity contribution in [1.29, 1.82) is 0 Å². The summed E-state index contributed by atoms with van der Waals surface area (Å²) in [6.45, 7) is 0. The van der Waals surface area contributed by atoms with Crippen molar-refractivity contribution < 1.29 is 9.15 Å². The molecule has 1 aromatic heterocycles. The molecule has 0 N–H and O–H groups in total. The lowest BCUT2D eigenvalue weighted by atomic mass is 9.88. The van der Waals surface area contributed by atoms with Gasteiger partial charge in [0.25, 0.3) is 0 Å². The highest BCUT2D eigenvalue weighted by Crippen LogP contribution is 2.63. The number of hydrogen-bond acceptors (Lipinski definition) is 4. The highest BCUT2D eigenvalue weighted by atomic mass is 16.5. The maximum atomic E-state index is 7.08. The summed E-state index contributed by atoms with van der Waals surface area (Å²) in [5, 5.41) is 6.99. The van der Waals surface area contributed by atoms with E-state index in [0.717, 1.165) is 63.0 Å². The van der Waals surface area contributed by atoms with Crippen LogP contribution in [0, 0.1) is 5.92 Å². The van der Waals surface area contributed by atoms with Gasteiger partial charge in [0.1, 0.15) is 23.0 Å². The molecule has 1 aliphatic heterocycles. The van der Waals surface area contributed by atoms with E-state index in [2.05, 4.69) is 216 Å². The number of para-hydroxylation sites is 2. The van der Waals surface area contributed by atoms with Gasteiger partial charge in [0.05, 0.1) is 11.7 Å². The fraction of sp³-hybridized carbons (Fsp3) is 0.123. The SMILES string of the molecule is C1=CCCC(N(c2ccccc2)c2ccc3c(c2)oc2c4ccc(N(C5=CC=CC6c7ccccc7OC56)C5C6C=CC=CC65c5ccccc5)cc4c4ccccc4c32)=C1. The van der Waals surface area contributed by atoms with Crippen LogP contribution in [0.15, 0.2) is 222 Å². The minimum absolute atomic E-state index is 0.138. The Kier molecular flexibility index (Phi) is 7.56. The van der Waals surface area contributed by atoms with Crippen LogP contribution in [0.4, 0.5) is 17.1 Å². The third-order valence-corrected chi connectivity index (χ3v) is 13.9. The molecule has 13 rings (SSSR count). The molecule has 292 valence electrons. The number of anilines is 3. The topological polar surface area (TPSA) is 28.9 Å². The predicted molar refractivity (Wildman–Crippen MR) is 251 cm³/mol. The van der Waals surface area contributed by atoms with Crippen molar-refractivity contribution in [2.75, 3.05) is 9.80 Å². The fourth-order valence-electron chi connectivity index (χ4n) is 11.1. The number of ether oxygens (including phenoxy) is 1. The van der Waals surface area contributed by atoms with Crippen molar-refractivity contribution in [2.24, 2.45) is 5.92 Å². The Bertz CT molecular complexity index is 3280. The van der Waals surface area contributed by atoms with E-state index in [4.69, 9.17) is 9.15 Å². The Balaban J connectivity index is 1.00. The van der Waals surface area contributed by atoms with Crippen molar-refractivity contribution in [3.05, 3.63) is 229 Å². The maximum Gasteiger partial charge on any atom is 0.149 e. The summed E-state index contributed by atoms with van der Waals surface area (Å²) in [7, 11) is 0. The average Bonchev–Trinajstić information content (AvgIpc) is 3.60. The first-order chi connectivity index (χ1) is 30.3. The Morgan fingerprint density at radius 3 is 2.25 bits per heavy atom. The smallest absolute Gasteiger partial charge is 0.149 e. The molecule has 4 aliphatic carbocycles. The summed E-state index contributed by atoms with van der Waals surface area (Å²) in [5.74, 6) is 1.41. The minimum Gasteiger partial charge on any atom is -0.483 e. The van der Waals surface area contributed by atoms with E-state index in [0.29, 0.717) is 5.92 Å². The molecule has 5 aliphatic rings. The molecule has 4 nitrogen and oxygen atoms in total. The maximum absolute atomic E-state index is 7.08. The summed E-state index contributed by atoms with van der Waals surface area (Å²) >= 11 is 0. The van der Waals surface area contributed by atoms with Crippen molar-refractivity contribution >= 4 is 60.5 Å². The second kappa shape index (κ2) is 13.4. The van der Waals surface area contributed by atoms with E-state index in [1.54, 1.807) is 0 Å². The molecule has 7 aromatic carbocycles. The first kappa shape index (κ1) is 34.6. The first-order valence-corrected chi connectivity index (χ1v) is 21.6. The van der Waals surface area contributed by atoms with E-state index in [1.807, 2.05) is 0 Å². The monoisotopic (exact) mass is 786 g/mol. The zero-order chi connectivity index (χ0) is 40.1. The van der Waals surface area contributed by atoms with Crippen LogP contribution in [0.5, 0.6) is 5.75 Å². The predicted octanol–water partition coefficient (Wildman–Crippen LogP) is 14.1. The van der Waals surface area contributed by atoms with Crippen LogP contribution >= 0.6 is 0 Å². The Labute approximate surface area is 355 Å². The van der Waals surface area contributed by atoms with Crippen LogP contribution in [0.2, 0.25) is 0 Å². The Morgan fingerprint density at radius 1 is 0.590 bits per heavy atom. The quantitative estimate of drug-likeness (QED) is 0.150. The van der Waals surface area contributed by atoms with Gasteiger partial charge in [0.15, 0.2) is 0 Å².